The first-order valence-electron chi connectivity index (χ1n) is 32.1. The van der Waals surface area contributed by atoms with Gasteiger partial charge in [-0.15, -0.1) is 0 Å². The monoisotopic (exact) mass is 1570 g/mol. The first kappa shape index (κ1) is 240. The van der Waals surface area contributed by atoms with Crippen molar-refractivity contribution in [3.8, 4) is 0 Å². The normalized spacial score (nSPS) is 6.46. The van der Waals surface area contributed by atoms with Gasteiger partial charge in [-0.05, 0) is 120 Å². The van der Waals surface area contributed by atoms with E-state index in [2.05, 4.69) is 57.5 Å². The molecule has 105 heavy (non-hydrogen) atoms. The van der Waals surface area contributed by atoms with Gasteiger partial charge in [0, 0.05) is 19.6 Å². The quantitative estimate of drug-likeness (QED) is 0.0375. The summed E-state index contributed by atoms with van der Waals surface area (Å²) in [5.41, 5.74) is 14.5. The lowest BCUT2D eigenvalue weighted by molar-refractivity contribution is -0.0987. The van der Waals surface area contributed by atoms with E-state index in [4.69, 9.17) is 88.9 Å². The molecular formula is C69H198N18O18. The molecule has 0 saturated heterocycles. The lowest BCUT2D eigenvalue weighted by atomic mass is 10.2. The molecule has 0 saturated carbocycles. The Kier molecular flexibility index (Phi) is 815. The van der Waals surface area contributed by atoms with Gasteiger partial charge in [-0.2, -0.15) is 0 Å². The number of nitrogens with two attached hydrogens (primary N) is 3. The molecule has 45 N–H and O–H groups in total. The van der Waals surface area contributed by atoms with E-state index in [-0.39, 0.29) is 92.1 Å². The highest BCUT2D eigenvalue weighted by Crippen LogP contribution is 2.08. The summed E-state index contributed by atoms with van der Waals surface area (Å²) in [5.74, 6) is 0. The van der Waals surface area contributed by atoms with Gasteiger partial charge in [-0.25, -0.2) is 14.4 Å². The van der Waals surface area contributed by atoms with E-state index in [1.807, 2.05) is 227 Å². The van der Waals surface area contributed by atoms with E-state index in [9.17, 15) is 14.4 Å². The van der Waals surface area contributed by atoms with Crippen molar-refractivity contribution in [1.82, 2.24) is 89.8 Å². The van der Waals surface area contributed by atoms with Gasteiger partial charge in [0.2, 0.25) is 0 Å². The number of hydrogen-bond donors (Lipinski definition) is 18. The average Bonchev–Trinajstić information content (AvgIpc) is 1.08. The van der Waals surface area contributed by atoms with Crippen molar-refractivity contribution in [1.29, 1.82) is 0 Å². The zero-order valence-corrected chi connectivity index (χ0v) is 74.5. The molecule has 0 aliphatic carbocycles. The Morgan fingerprint density at radius 3 is 0.390 bits per heavy atom. The van der Waals surface area contributed by atoms with Crippen LogP contribution in [0.5, 0.6) is 0 Å². The topological polar surface area (TPSA) is 818 Å². The highest BCUT2D eigenvalue weighted by Gasteiger charge is 2.16. The molecule has 3 amide bonds. The van der Waals surface area contributed by atoms with E-state index in [0.29, 0.717) is 19.6 Å². The number of hydrogen-bond acceptors (Lipinski definition) is 33. The molecule has 0 radical (unpaired) electrons. The van der Waals surface area contributed by atoms with Crippen LogP contribution in [0.4, 0.5) is 14.4 Å². The summed E-state index contributed by atoms with van der Waals surface area (Å²) in [5, 5.41) is 8.14. The van der Waals surface area contributed by atoms with Crippen molar-refractivity contribution in [2.45, 2.75) is 319 Å². The van der Waals surface area contributed by atoms with Crippen LogP contribution in [0.3, 0.4) is 0 Å². The van der Waals surface area contributed by atoms with Crippen molar-refractivity contribution in [3.05, 3.63) is 0 Å². The van der Waals surface area contributed by atoms with E-state index >= 15 is 0 Å². The average molecular weight is 1570 g/mol. The predicted molar refractivity (Wildman–Crippen MR) is 461 cm³/mol. The molecular weight excluding hydrogens is 1370 g/mol. The second-order valence-corrected chi connectivity index (χ2v) is 16.9. The second kappa shape index (κ2) is 357. The Hall–Kier alpha value is -6.75. The van der Waals surface area contributed by atoms with Crippen molar-refractivity contribution in [2.24, 2.45) is 17.2 Å². The van der Waals surface area contributed by atoms with E-state index in [1.165, 1.54) is 57.8 Å². The molecule has 0 fully saturated rings. The van der Waals surface area contributed by atoms with Gasteiger partial charge in [-0.1, -0.05) is 202 Å². The van der Waals surface area contributed by atoms with Gasteiger partial charge >= 0.3 is 18.3 Å². The van der Waals surface area contributed by atoms with Crippen LogP contribution in [0.2, 0.25) is 0 Å². The fourth-order valence-electron chi connectivity index (χ4n) is 3.82. The second-order valence-electron chi connectivity index (χ2n) is 16.9. The molecule has 0 spiro atoms. The Balaban J connectivity index is -0.0000000146. The van der Waals surface area contributed by atoms with Crippen LogP contribution in [0.1, 0.15) is 303 Å². The summed E-state index contributed by atoms with van der Waals surface area (Å²) in [6.07, 6.45) is 20.3. The number of alkyl carbamates (subject to hydrolysis) is 3. The Morgan fingerprint density at radius 2 is 0.324 bits per heavy atom. The number of unbranched alkanes of at least 4 members (excludes halogenated alkanes) is 12. The number of rotatable bonds is 21. The molecule has 0 aromatic carbocycles. The summed E-state index contributed by atoms with van der Waals surface area (Å²) in [6, 6.07) is 0. The van der Waals surface area contributed by atoms with Crippen LogP contribution in [0.15, 0.2) is 0 Å². The van der Waals surface area contributed by atoms with Gasteiger partial charge in [0.05, 0.1) is 0 Å². The Bertz CT molecular complexity index is 914. The molecule has 0 heterocycles. The maximum atomic E-state index is 11.1. The largest absolute Gasteiger partial charge is 0.444 e. The molecule has 0 unspecified atom stereocenters. The first-order chi connectivity index (χ1) is 44.6. The molecule has 0 aliphatic heterocycles. The number of carbonyl (C=O) groups is 15. The number of ether oxygens (including phenoxy) is 3. The fourth-order valence-corrected chi connectivity index (χ4v) is 3.82. The summed E-state index contributed by atoms with van der Waals surface area (Å²) in [6.45, 7) is 82.4. The number of carbonyl (C=O) groups excluding carboxylic acids is 15. The maximum absolute atomic E-state index is 11.1. The minimum atomic E-state index is -0.394. The van der Waals surface area contributed by atoms with Crippen LogP contribution in [-0.4, -0.2) is 156 Å². The molecule has 0 bridgehead atoms. The molecule has 672 valence electrons. The highest BCUT2D eigenvalue weighted by molar-refractivity contribution is 5.68. The predicted octanol–water partition coefficient (Wildman–Crippen LogP) is 17.4. The van der Waals surface area contributed by atoms with Gasteiger partial charge in [0.25, 0.3) is 0 Å². The fraction of sp³-hybridized carbons (Fsp3) is 0.783. The SMILES string of the molecule is C=O.C=O.C=O.C=O.C=O.C=O.C=O.C=O.C=O.C=O.C=O.C=O.CC.CC.CC.CC.CC.CC.CCCCCN.CCCCCN.CCCCCN.CCCCCNC(=O)OC(C)(C)C.CCCCCNC(=O)OC(C)(C)C.CCCCCNC(=O)OC(C)(C)C.N.N.N.N.N.N.N.N.N.N.N.N. The van der Waals surface area contributed by atoms with Crippen LogP contribution >= 0.6 is 0 Å². The summed E-state index contributed by atoms with van der Waals surface area (Å²) in [4.78, 5) is 129. The molecule has 0 rings (SSSR count). The van der Waals surface area contributed by atoms with Gasteiger partial charge in [-0.3, -0.25) is 0 Å². The molecule has 36 heteroatoms. The van der Waals surface area contributed by atoms with Crippen molar-refractivity contribution < 1.29 is 86.1 Å². The van der Waals surface area contributed by atoms with Crippen LogP contribution in [-0.2, 0) is 71.7 Å². The zero-order chi connectivity index (χ0) is 81.4. The van der Waals surface area contributed by atoms with Crippen LogP contribution < -0.4 is 107 Å². The smallest absolute Gasteiger partial charge is 0.407 e. The third-order valence-electron chi connectivity index (χ3n) is 6.77. The van der Waals surface area contributed by atoms with E-state index in [1.54, 1.807) is 0 Å². The third kappa shape index (κ3) is 710. The van der Waals surface area contributed by atoms with Crippen LogP contribution in [0, 0.1) is 0 Å². The Labute approximate surface area is 649 Å². The maximum Gasteiger partial charge on any atom is 0.407 e. The van der Waals surface area contributed by atoms with Crippen molar-refractivity contribution in [2.75, 3.05) is 39.3 Å². The van der Waals surface area contributed by atoms with Gasteiger partial charge in [0.1, 0.15) is 98.3 Å². The molecule has 0 atom stereocenters. The lowest BCUT2D eigenvalue weighted by Gasteiger charge is -2.19. The minimum absolute atomic E-state index is 0. The van der Waals surface area contributed by atoms with Crippen molar-refractivity contribution >= 4 is 99.7 Å². The Morgan fingerprint density at radius 1 is 0.229 bits per heavy atom. The van der Waals surface area contributed by atoms with Crippen LogP contribution in [0.25, 0.3) is 0 Å². The van der Waals surface area contributed by atoms with Crippen molar-refractivity contribution in [3.63, 3.8) is 0 Å². The molecule has 0 aromatic rings. The third-order valence-corrected chi connectivity index (χ3v) is 6.77. The number of amides is 3. The molecule has 36 nitrogen and oxygen atoms in total. The number of nitrogens with one attached hydrogen (secondary N) is 3. The lowest BCUT2D eigenvalue weighted by Crippen LogP contribution is -2.32. The minimum Gasteiger partial charge on any atom is -0.444 e. The van der Waals surface area contributed by atoms with Gasteiger partial charge < -0.3 is 179 Å². The first-order valence-corrected chi connectivity index (χ1v) is 32.1. The summed E-state index contributed by atoms with van der Waals surface area (Å²) < 4.78 is 15.2. The summed E-state index contributed by atoms with van der Waals surface area (Å²) >= 11 is 0. The zero-order valence-electron chi connectivity index (χ0n) is 74.5. The van der Waals surface area contributed by atoms with E-state index in [0.717, 1.165) is 77.4 Å². The van der Waals surface area contributed by atoms with E-state index < -0.39 is 16.8 Å². The molecule has 0 aromatic heterocycles. The standard InChI is InChI=1S/3C10H21NO2.3C5H13N.6C2H6.12CH2O.12H3N/c3*1-5-6-7-8-11-9(12)13-10(2,3)4;3*1-2-3-4-5-6;18*1-2;;;;;;;;;;;;/h3*5-8H2,1-4H3,(H,11,12);3*2-6H2,1H3;6*1-2H3;12*1H2;12*1H3. The van der Waals surface area contributed by atoms with Gasteiger partial charge in [0.15, 0.2) is 0 Å². The highest BCUT2D eigenvalue weighted by atomic mass is 16.6. The molecule has 0 aliphatic rings. The summed E-state index contributed by atoms with van der Waals surface area (Å²) in [7, 11) is 0.